The summed E-state index contributed by atoms with van der Waals surface area (Å²) in [5.74, 6) is -2.79. The lowest BCUT2D eigenvalue weighted by Gasteiger charge is -2.34. The van der Waals surface area contributed by atoms with Crippen molar-refractivity contribution in [2.24, 2.45) is 0 Å². The molecular weight excluding hydrogens is 284 g/mol. The molecule has 1 fully saturated rings. The minimum absolute atomic E-state index is 0.102. The smallest absolute Gasteiger partial charge is 0.290 e. The van der Waals surface area contributed by atoms with Gasteiger partial charge in [0.05, 0.1) is 5.56 Å². The van der Waals surface area contributed by atoms with Gasteiger partial charge in [0.15, 0.2) is 0 Å². The number of likely N-dealkylation sites (N-methyl/N-ethyl adjacent to an activating group) is 1. The summed E-state index contributed by atoms with van der Waals surface area (Å²) in [4.78, 5) is 20.3. The number of alkyl halides is 2. The third-order valence-electron chi connectivity index (χ3n) is 3.31. The van der Waals surface area contributed by atoms with Crippen LogP contribution in [-0.4, -0.2) is 59.2 Å². The van der Waals surface area contributed by atoms with Crippen molar-refractivity contribution in [1.82, 2.24) is 14.8 Å². The Kier molecular flexibility index (Phi) is 5.31. The molecule has 1 aliphatic heterocycles. The van der Waals surface area contributed by atoms with Gasteiger partial charge in [-0.2, -0.15) is 8.78 Å². The van der Waals surface area contributed by atoms with E-state index in [-0.39, 0.29) is 16.5 Å². The number of aromatic nitrogens is 1. The lowest BCUT2D eigenvalue weighted by Crippen LogP contribution is -2.48. The van der Waals surface area contributed by atoms with Crippen LogP contribution in [-0.2, 0) is 0 Å². The third-order valence-corrected chi connectivity index (χ3v) is 4.04. The Balaban J connectivity index is 2.09. The fraction of sp³-hybridized carbons (Fsp3) is 0.538. The minimum atomic E-state index is -2.58. The molecular formula is C13H17F2N3OS. The van der Waals surface area contributed by atoms with E-state index in [0.29, 0.717) is 24.9 Å². The summed E-state index contributed by atoms with van der Waals surface area (Å²) in [6.07, 6.45) is 1.43. The van der Waals surface area contributed by atoms with E-state index >= 15 is 0 Å². The number of halogens is 2. The Morgan fingerprint density at radius 3 is 2.70 bits per heavy atom. The zero-order valence-electron chi connectivity index (χ0n) is 11.3. The largest absolute Gasteiger partial charge is 0.336 e. The van der Waals surface area contributed by atoms with Crippen molar-refractivity contribution >= 4 is 17.7 Å². The summed E-state index contributed by atoms with van der Waals surface area (Å²) >= 11 is 0.320. The molecule has 2 rings (SSSR count). The van der Waals surface area contributed by atoms with E-state index in [4.69, 9.17) is 0 Å². The summed E-state index contributed by atoms with van der Waals surface area (Å²) in [5.41, 5.74) is 0.266. The van der Waals surface area contributed by atoms with Gasteiger partial charge in [0.2, 0.25) is 0 Å². The first-order valence-corrected chi connectivity index (χ1v) is 7.41. The fourth-order valence-electron chi connectivity index (χ4n) is 2.17. The van der Waals surface area contributed by atoms with E-state index in [1.54, 1.807) is 17.0 Å². The zero-order valence-corrected chi connectivity index (χ0v) is 12.1. The molecule has 1 saturated heterocycles. The van der Waals surface area contributed by atoms with Crippen LogP contribution in [0.4, 0.5) is 8.78 Å². The first kappa shape index (κ1) is 15.2. The number of hydrogen-bond donors (Lipinski definition) is 0. The maximum absolute atomic E-state index is 12.5. The molecule has 0 unspecified atom stereocenters. The van der Waals surface area contributed by atoms with Gasteiger partial charge in [0, 0.05) is 32.4 Å². The van der Waals surface area contributed by atoms with Crippen LogP contribution in [0.15, 0.2) is 23.4 Å². The van der Waals surface area contributed by atoms with E-state index in [2.05, 4.69) is 16.8 Å². The van der Waals surface area contributed by atoms with Crippen LogP contribution in [0, 0.1) is 0 Å². The number of carbonyl (C=O) groups excluding carboxylic acids is 1. The molecule has 4 nitrogen and oxygen atoms in total. The standard InChI is InChI=1S/C13H17F2N3OS/c1-2-17-6-8-18(9-7-17)12(19)10-4-3-5-16-11(10)20-13(14)15/h3-5,13H,2,6-9H2,1H3. The third kappa shape index (κ3) is 3.67. The molecule has 1 aromatic rings. The normalized spacial score (nSPS) is 16.7. The Morgan fingerprint density at radius 2 is 2.10 bits per heavy atom. The van der Waals surface area contributed by atoms with Crippen LogP contribution in [0.25, 0.3) is 0 Å². The number of thioether (sulfide) groups is 1. The van der Waals surface area contributed by atoms with E-state index < -0.39 is 5.76 Å². The van der Waals surface area contributed by atoms with Gasteiger partial charge >= 0.3 is 0 Å². The Hall–Kier alpha value is -1.21. The molecule has 0 atom stereocenters. The summed E-state index contributed by atoms with van der Waals surface area (Å²) in [5, 5.41) is 0.102. The maximum atomic E-state index is 12.5. The van der Waals surface area contributed by atoms with Crippen molar-refractivity contribution < 1.29 is 13.6 Å². The Morgan fingerprint density at radius 1 is 1.40 bits per heavy atom. The molecule has 0 saturated carbocycles. The highest BCUT2D eigenvalue weighted by atomic mass is 32.2. The van der Waals surface area contributed by atoms with Crippen LogP contribution in [0.5, 0.6) is 0 Å². The van der Waals surface area contributed by atoms with Gasteiger partial charge in [-0.15, -0.1) is 0 Å². The van der Waals surface area contributed by atoms with E-state index in [0.717, 1.165) is 19.6 Å². The number of amides is 1. The molecule has 0 spiro atoms. The van der Waals surface area contributed by atoms with Crippen molar-refractivity contribution in [1.29, 1.82) is 0 Å². The first-order chi connectivity index (χ1) is 9.61. The quantitative estimate of drug-likeness (QED) is 0.799. The molecule has 1 aromatic heterocycles. The van der Waals surface area contributed by atoms with Crippen molar-refractivity contribution in [3.63, 3.8) is 0 Å². The van der Waals surface area contributed by atoms with Crippen LogP contribution in [0.2, 0.25) is 0 Å². The first-order valence-electron chi connectivity index (χ1n) is 6.53. The summed E-state index contributed by atoms with van der Waals surface area (Å²) in [6, 6.07) is 3.16. The van der Waals surface area contributed by atoms with Gasteiger partial charge in [0.1, 0.15) is 5.03 Å². The van der Waals surface area contributed by atoms with Crippen molar-refractivity contribution in [3.8, 4) is 0 Å². The summed E-state index contributed by atoms with van der Waals surface area (Å²) < 4.78 is 25.0. The van der Waals surface area contributed by atoms with Crippen LogP contribution < -0.4 is 0 Å². The van der Waals surface area contributed by atoms with Crippen LogP contribution >= 0.6 is 11.8 Å². The molecule has 2 heterocycles. The Bertz CT molecular complexity index is 465. The average Bonchev–Trinajstić information content (AvgIpc) is 2.46. The van der Waals surface area contributed by atoms with Crippen LogP contribution in [0.1, 0.15) is 17.3 Å². The molecule has 1 amide bonds. The topological polar surface area (TPSA) is 36.4 Å². The van der Waals surface area contributed by atoms with Crippen molar-refractivity contribution in [2.45, 2.75) is 17.7 Å². The van der Waals surface area contributed by atoms with Gasteiger partial charge in [0.25, 0.3) is 11.7 Å². The van der Waals surface area contributed by atoms with Gasteiger partial charge in [-0.25, -0.2) is 4.98 Å². The zero-order chi connectivity index (χ0) is 14.5. The number of carbonyl (C=O) groups is 1. The molecule has 0 N–H and O–H groups in total. The van der Waals surface area contributed by atoms with E-state index in [9.17, 15) is 13.6 Å². The fourth-order valence-corrected chi connectivity index (χ4v) is 2.74. The second-order valence-electron chi connectivity index (χ2n) is 4.46. The van der Waals surface area contributed by atoms with Gasteiger partial charge in [-0.3, -0.25) is 4.79 Å². The molecule has 110 valence electrons. The van der Waals surface area contributed by atoms with Crippen LogP contribution in [0.3, 0.4) is 0 Å². The maximum Gasteiger partial charge on any atom is 0.290 e. The molecule has 1 aliphatic rings. The second-order valence-corrected chi connectivity index (χ2v) is 5.44. The lowest BCUT2D eigenvalue weighted by molar-refractivity contribution is 0.0639. The summed E-state index contributed by atoms with van der Waals surface area (Å²) in [6.45, 7) is 5.93. The molecule has 0 aromatic carbocycles. The predicted octanol–water partition coefficient (Wildman–Crippen LogP) is 2.17. The lowest BCUT2D eigenvalue weighted by atomic mass is 10.2. The summed E-state index contributed by atoms with van der Waals surface area (Å²) in [7, 11) is 0. The number of nitrogens with zero attached hydrogens (tertiary/aromatic N) is 3. The Labute approximate surface area is 121 Å². The number of pyridine rings is 1. The van der Waals surface area contributed by atoms with Gasteiger partial charge < -0.3 is 9.80 Å². The van der Waals surface area contributed by atoms with E-state index in [1.807, 2.05) is 0 Å². The monoisotopic (exact) mass is 301 g/mol. The van der Waals surface area contributed by atoms with Gasteiger partial charge in [-0.1, -0.05) is 6.92 Å². The average molecular weight is 301 g/mol. The predicted molar refractivity (Wildman–Crippen MR) is 74.1 cm³/mol. The number of hydrogen-bond acceptors (Lipinski definition) is 4. The van der Waals surface area contributed by atoms with Gasteiger partial charge in [-0.05, 0) is 30.4 Å². The highest BCUT2D eigenvalue weighted by molar-refractivity contribution is 7.99. The molecule has 0 radical (unpaired) electrons. The molecule has 20 heavy (non-hydrogen) atoms. The second kappa shape index (κ2) is 6.99. The van der Waals surface area contributed by atoms with Crippen molar-refractivity contribution in [3.05, 3.63) is 23.9 Å². The van der Waals surface area contributed by atoms with E-state index in [1.165, 1.54) is 6.20 Å². The van der Waals surface area contributed by atoms with Crippen molar-refractivity contribution in [2.75, 3.05) is 32.7 Å². The molecule has 7 heteroatoms. The molecule has 0 bridgehead atoms. The molecule has 0 aliphatic carbocycles. The number of rotatable bonds is 4. The highest BCUT2D eigenvalue weighted by Gasteiger charge is 2.24. The minimum Gasteiger partial charge on any atom is -0.336 e. The SMILES string of the molecule is CCN1CCN(C(=O)c2cccnc2SC(F)F)CC1. The number of piperazine rings is 1. The highest BCUT2D eigenvalue weighted by Crippen LogP contribution is 2.27.